The molecule has 4 rings (SSSR count). The molecule has 2 aromatic carbocycles. The molecule has 0 saturated heterocycles. The molecule has 1 amide bonds. The van der Waals surface area contributed by atoms with Crippen LogP contribution in [0.25, 0.3) is 0 Å². The van der Waals surface area contributed by atoms with E-state index < -0.39 is 10.8 Å². The molecule has 0 saturated carbocycles. The Bertz CT molecular complexity index is 957. The van der Waals surface area contributed by atoms with Crippen LogP contribution in [0.1, 0.15) is 23.5 Å². The van der Waals surface area contributed by atoms with E-state index in [0.29, 0.717) is 39.8 Å². The Balaban J connectivity index is 1.91. The van der Waals surface area contributed by atoms with Crippen LogP contribution in [0.3, 0.4) is 0 Å². The van der Waals surface area contributed by atoms with Crippen LogP contribution in [-0.2, 0) is 4.79 Å². The smallest absolute Gasteiger partial charge is 0.277 e. The van der Waals surface area contributed by atoms with Gasteiger partial charge in [0.1, 0.15) is 0 Å². The Hall–Kier alpha value is -3.49. The molecule has 0 radical (unpaired) electrons. The zero-order chi connectivity index (χ0) is 19.1. The van der Waals surface area contributed by atoms with Gasteiger partial charge >= 0.3 is 0 Å². The zero-order valence-corrected chi connectivity index (χ0v) is 14.6. The SMILES string of the molecule is COc1cc2c(cc1OC)[C@H](c1cc3c(cc1[N+](=O)[O-])OCO3)CC(=O)N2. The molecule has 1 N–H and O–H groups in total. The van der Waals surface area contributed by atoms with Gasteiger partial charge in [0, 0.05) is 29.7 Å². The number of nitrogens with one attached hydrogen (secondary N) is 1. The maximum Gasteiger partial charge on any atom is 0.277 e. The average molecular weight is 372 g/mol. The number of hydrogen-bond donors (Lipinski definition) is 1. The number of anilines is 1. The summed E-state index contributed by atoms with van der Waals surface area (Å²) in [6.07, 6.45) is 0.0585. The minimum atomic E-state index is -0.538. The number of fused-ring (bicyclic) bond motifs is 2. The Labute approximate surface area is 153 Å². The van der Waals surface area contributed by atoms with Crippen LogP contribution in [0.5, 0.6) is 23.0 Å². The van der Waals surface area contributed by atoms with Gasteiger partial charge < -0.3 is 24.3 Å². The van der Waals surface area contributed by atoms with Crippen molar-refractivity contribution < 1.29 is 28.7 Å². The molecule has 2 heterocycles. The highest BCUT2D eigenvalue weighted by Crippen LogP contribution is 2.48. The number of ether oxygens (including phenoxy) is 4. The number of nitrogens with zero attached hydrogens (tertiary/aromatic N) is 1. The Morgan fingerprint density at radius 1 is 1.07 bits per heavy atom. The highest BCUT2D eigenvalue weighted by molar-refractivity contribution is 5.96. The lowest BCUT2D eigenvalue weighted by molar-refractivity contribution is -0.385. The number of benzene rings is 2. The minimum absolute atomic E-state index is 0.00268. The quantitative estimate of drug-likeness (QED) is 0.649. The number of amides is 1. The molecule has 0 aliphatic carbocycles. The van der Waals surface area contributed by atoms with Crippen LogP contribution in [0.4, 0.5) is 11.4 Å². The van der Waals surface area contributed by atoms with E-state index in [0.717, 1.165) is 0 Å². The Morgan fingerprint density at radius 3 is 2.41 bits per heavy atom. The number of carbonyl (C=O) groups is 1. The summed E-state index contributed by atoms with van der Waals surface area (Å²) in [6.45, 7) is 0.00268. The van der Waals surface area contributed by atoms with Crippen LogP contribution in [0.15, 0.2) is 24.3 Å². The second-order valence-electron chi connectivity index (χ2n) is 6.12. The van der Waals surface area contributed by atoms with Gasteiger partial charge in [-0.05, 0) is 17.7 Å². The van der Waals surface area contributed by atoms with Crippen molar-refractivity contribution in [3.8, 4) is 23.0 Å². The molecule has 9 nitrogen and oxygen atoms in total. The molecule has 2 aliphatic heterocycles. The first kappa shape index (κ1) is 17.0. The van der Waals surface area contributed by atoms with E-state index in [1.54, 1.807) is 18.2 Å². The monoisotopic (exact) mass is 372 g/mol. The standard InChI is InChI=1S/C18H16N2O7/c1-24-14-3-10-9(5-18(21)19-12(10)6-15(14)25-2)11-4-16-17(27-8-26-16)7-13(11)20(22)23/h3-4,6-7,9H,5,8H2,1-2H3,(H,19,21)/t9-/m1/s1. The molecule has 1 atom stereocenters. The topological polar surface area (TPSA) is 109 Å². The number of hydrogen-bond acceptors (Lipinski definition) is 7. The first-order chi connectivity index (χ1) is 13.0. The van der Waals surface area contributed by atoms with E-state index in [9.17, 15) is 14.9 Å². The minimum Gasteiger partial charge on any atom is -0.493 e. The first-order valence-electron chi connectivity index (χ1n) is 8.15. The van der Waals surface area contributed by atoms with Crippen molar-refractivity contribution in [1.29, 1.82) is 0 Å². The predicted octanol–water partition coefficient (Wildman–Crippen LogP) is 2.81. The maximum absolute atomic E-state index is 12.3. The molecule has 0 aromatic heterocycles. The summed E-state index contributed by atoms with van der Waals surface area (Å²) in [7, 11) is 3.00. The van der Waals surface area contributed by atoms with Gasteiger partial charge in [0.25, 0.3) is 5.69 Å². The molecule has 0 unspecified atom stereocenters. The fraction of sp³-hybridized carbons (Fsp3) is 0.278. The predicted molar refractivity (Wildman–Crippen MR) is 93.9 cm³/mol. The summed E-state index contributed by atoms with van der Waals surface area (Å²) in [4.78, 5) is 23.4. The van der Waals surface area contributed by atoms with E-state index in [2.05, 4.69) is 5.32 Å². The summed E-state index contributed by atoms with van der Waals surface area (Å²) in [5, 5.41) is 14.4. The Kier molecular flexibility index (Phi) is 3.98. The average Bonchev–Trinajstić information content (AvgIpc) is 3.12. The van der Waals surface area contributed by atoms with E-state index in [4.69, 9.17) is 18.9 Å². The molecule has 2 aromatic rings. The van der Waals surface area contributed by atoms with Crippen molar-refractivity contribution >= 4 is 17.3 Å². The van der Waals surface area contributed by atoms with Gasteiger partial charge in [-0.2, -0.15) is 0 Å². The van der Waals surface area contributed by atoms with E-state index in [1.807, 2.05) is 0 Å². The fourth-order valence-electron chi connectivity index (χ4n) is 3.45. The zero-order valence-electron chi connectivity index (χ0n) is 14.6. The lowest BCUT2D eigenvalue weighted by atomic mass is 9.83. The number of rotatable bonds is 4. The van der Waals surface area contributed by atoms with Crippen molar-refractivity contribution in [2.45, 2.75) is 12.3 Å². The summed E-state index contributed by atoms with van der Waals surface area (Å²) >= 11 is 0. The van der Waals surface area contributed by atoms with Gasteiger partial charge in [0.2, 0.25) is 12.7 Å². The number of methoxy groups -OCH3 is 2. The van der Waals surface area contributed by atoms with Crippen molar-refractivity contribution in [2.24, 2.45) is 0 Å². The van der Waals surface area contributed by atoms with Crippen molar-refractivity contribution in [3.63, 3.8) is 0 Å². The van der Waals surface area contributed by atoms with Crippen molar-refractivity contribution in [3.05, 3.63) is 45.5 Å². The fourth-order valence-corrected chi connectivity index (χ4v) is 3.45. The first-order valence-corrected chi connectivity index (χ1v) is 8.15. The Morgan fingerprint density at radius 2 is 1.74 bits per heavy atom. The largest absolute Gasteiger partial charge is 0.493 e. The van der Waals surface area contributed by atoms with Gasteiger partial charge in [-0.3, -0.25) is 14.9 Å². The second kappa shape index (κ2) is 6.35. The van der Waals surface area contributed by atoms with Crippen LogP contribution in [-0.4, -0.2) is 31.8 Å². The molecule has 0 fully saturated rings. The molecular weight excluding hydrogens is 356 g/mol. The number of nitro benzene ring substituents is 1. The molecule has 27 heavy (non-hydrogen) atoms. The van der Waals surface area contributed by atoms with Gasteiger partial charge in [0.15, 0.2) is 23.0 Å². The van der Waals surface area contributed by atoms with Crippen LogP contribution < -0.4 is 24.3 Å². The third-order valence-electron chi connectivity index (χ3n) is 4.69. The maximum atomic E-state index is 12.3. The van der Waals surface area contributed by atoms with Crippen LogP contribution >= 0.6 is 0 Å². The molecule has 9 heteroatoms. The molecule has 140 valence electrons. The van der Waals surface area contributed by atoms with Gasteiger partial charge in [0.05, 0.1) is 25.2 Å². The van der Waals surface area contributed by atoms with Gasteiger partial charge in [-0.1, -0.05) is 0 Å². The summed E-state index contributed by atoms with van der Waals surface area (Å²) in [6, 6.07) is 6.29. The van der Waals surface area contributed by atoms with Gasteiger partial charge in [-0.25, -0.2) is 0 Å². The second-order valence-corrected chi connectivity index (χ2v) is 6.12. The highest BCUT2D eigenvalue weighted by Gasteiger charge is 2.35. The number of carbonyl (C=O) groups excluding carboxylic acids is 1. The molecule has 0 spiro atoms. The lowest BCUT2D eigenvalue weighted by Gasteiger charge is -2.27. The van der Waals surface area contributed by atoms with E-state index in [1.165, 1.54) is 20.3 Å². The third-order valence-corrected chi connectivity index (χ3v) is 4.69. The molecular formula is C18H16N2O7. The number of nitro groups is 1. The van der Waals surface area contributed by atoms with E-state index >= 15 is 0 Å². The van der Waals surface area contributed by atoms with Gasteiger partial charge in [-0.15, -0.1) is 0 Å². The normalized spacial score (nSPS) is 17.1. The lowest BCUT2D eigenvalue weighted by Crippen LogP contribution is -2.24. The summed E-state index contributed by atoms with van der Waals surface area (Å²) < 4.78 is 21.2. The van der Waals surface area contributed by atoms with Crippen molar-refractivity contribution in [2.75, 3.05) is 26.3 Å². The third kappa shape index (κ3) is 2.77. The van der Waals surface area contributed by atoms with Crippen LogP contribution in [0.2, 0.25) is 0 Å². The van der Waals surface area contributed by atoms with Crippen molar-refractivity contribution in [1.82, 2.24) is 0 Å². The van der Waals surface area contributed by atoms with Crippen LogP contribution in [0, 0.1) is 10.1 Å². The van der Waals surface area contributed by atoms with E-state index in [-0.39, 0.29) is 24.8 Å². The molecule has 2 aliphatic rings. The summed E-state index contributed by atoms with van der Waals surface area (Å²) in [5.74, 6) is 0.884. The highest BCUT2D eigenvalue weighted by atomic mass is 16.7. The summed E-state index contributed by atoms with van der Waals surface area (Å²) in [5.41, 5.74) is 1.49. The molecule has 0 bridgehead atoms.